The van der Waals surface area contributed by atoms with Crippen LogP contribution in [0.4, 0.5) is 0 Å². The number of aryl methyl sites for hydroxylation is 1. The summed E-state index contributed by atoms with van der Waals surface area (Å²) in [6, 6.07) is 7.69. The summed E-state index contributed by atoms with van der Waals surface area (Å²) < 4.78 is 8.29. The average molecular weight is 348 g/mol. The summed E-state index contributed by atoms with van der Waals surface area (Å²) in [5, 5.41) is 8.55. The lowest BCUT2D eigenvalue weighted by atomic mass is 10.2. The Balaban J connectivity index is 1.96. The number of aromatic nitrogens is 4. The van der Waals surface area contributed by atoms with Crippen LogP contribution in [0.5, 0.6) is 5.88 Å². The van der Waals surface area contributed by atoms with Gasteiger partial charge in [-0.15, -0.1) is 22.9 Å². The number of hydrogen-bond donors (Lipinski definition) is 0. The third kappa shape index (κ3) is 2.53. The quantitative estimate of drug-likeness (QED) is 0.533. The molecular formula is C18H12N4O2S. The van der Waals surface area contributed by atoms with Crippen LogP contribution in [0.2, 0.25) is 0 Å². The number of fused-ring (bicyclic) bond motifs is 3. The van der Waals surface area contributed by atoms with Gasteiger partial charge in [0.25, 0.3) is 5.56 Å². The highest BCUT2D eigenvalue weighted by Gasteiger charge is 2.17. The SMILES string of the molecule is C#CCOc1nncc2sc3c(=O)n(-c4ccc(C)cc4)cnc3c12. The highest BCUT2D eigenvalue weighted by molar-refractivity contribution is 7.25. The molecule has 0 unspecified atom stereocenters. The van der Waals surface area contributed by atoms with E-state index in [-0.39, 0.29) is 12.2 Å². The Bertz CT molecular complexity index is 1190. The third-order valence-electron chi connectivity index (χ3n) is 3.77. The maximum Gasteiger partial charge on any atom is 0.275 e. The molecule has 0 bridgehead atoms. The smallest absolute Gasteiger partial charge is 0.275 e. The average Bonchev–Trinajstić information content (AvgIpc) is 3.01. The first-order valence-corrected chi connectivity index (χ1v) is 8.29. The van der Waals surface area contributed by atoms with E-state index in [1.54, 1.807) is 6.20 Å². The molecule has 7 heteroatoms. The van der Waals surface area contributed by atoms with E-state index >= 15 is 0 Å². The lowest BCUT2D eigenvalue weighted by molar-refractivity contribution is 0.356. The molecule has 0 fully saturated rings. The lowest BCUT2D eigenvalue weighted by Gasteiger charge is -2.05. The molecule has 0 radical (unpaired) electrons. The van der Waals surface area contributed by atoms with Crippen molar-refractivity contribution in [1.82, 2.24) is 19.7 Å². The van der Waals surface area contributed by atoms with Gasteiger partial charge in [0.15, 0.2) is 6.61 Å². The number of benzene rings is 1. The number of nitrogens with zero attached hydrogens (tertiary/aromatic N) is 4. The zero-order valence-corrected chi connectivity index (χ0v) is 14.1. The fourth-order valence-corrected chi connectivity index (χ4v) is 3.61. The number of hydrogen-bond acceptors (Lipinski definition) is 6. The van der Waals surface area contributed by atoms with Gasteiger partial charge in [-0.2, -0.15) is 5.10 Å². The van der Waals surface area contributed by atoms with Crippen LogP contribution in [0.15, 0.2) is 41.6 Å². The molecule has 0 N–H and O–H groups in total. The topological polar surface area (TPSA) is 69.9 Å². The molecule has 3 aromatic heterocycles. The molecular weight excluding hydrogens is 336 g/mol. The Morgan fingerprint density at radius 2 is 2.12 bits per heavy atom. The first-order chi connectivity index (χ1) is 12.2. The highest BCUT2D eigenvalue weighted by Crippen LogP contribution is 2.34. The van der Waals surface area contributed by atoms with E-state index < -0.39 is 0 Å². The van der Waals surface area contributed by atoms with Crippen molar-refractivity contribution in [2.24, 2.45) is 0 Å². The van der Waals surface area contributed by atoms with E-state index in [2.05, 4.69) is 21.1 Å². The zero-order valence-electron chi connectivity index (χ0n) is 13.3. The van der Waals surface area contributed by atoms with E-state index in [1.165, 1.54) is 22.2 Å². The van der Waals surface area contributed by atoms with E-state index in [1.807, 2.05) is 31.2 Å². The molecule has 1 aromatic carbocycles. The molecule has 25 heavy (non-hydrogen) atoms. The van der Waals surface area contributed by atoms with Crippen LogP contribution in [-0.4, -0.2) is 26.4 Å². The van der Waals surface area contributed by atoms with Crippen molar-refractivity contribution < 1.29 is 4.74 Å². The Hall–Kier alpha value is -3.24. The third-order valence-corrected chi connectivity index (χ3v) is 4.87. The van der Waals surface area contributed by atoms with Gasteiger partial charge in [-0.1, -0.05) is 23.6 Å². The summed E-state index contributed by atoms with van der Waals surface area (Å²) in [6.45, 7) is 2.07. The first kappa shape index (κ1) is 15.3. The highest BCUT2D eigenvalue weighted by atomic mass is 32.1. The molecule has 0 amide bonds. The predicted octanol–water partition coefficient (Wildman–Crippen LogP) is 2.71. The number of terminal acetylenes is 1. The van der Waals surface area contributed by atoms with Crippen molar-refractivity contribution in [1.29, 1.82) is 0 Å². The largest absolute Gasteiger partial charge is 0.463 e. The van der Waals surface area contributed by atoms with Gasteiger partial charge in [0, 0.05) is 0 Å². The van der Waals surface area contributed by atoms with Crippen molar-refractivity contribution in [3.63, 3.8) is 0 Å². The molecule has 0 saturated carbocycles. The normalized spacial score (nSPS) is 10.9. The fraction of sp³-hybridized carbons (Fsp3) is 0.111. The van der Waals surface area contributed by atoms with Crippen LogP contribution in [0, 0.1) is 19.3 Å². The molecule has 3 heterocycles. The van der Waals surface area contributed by atoms with E-state index in [0.29, 0.717) is 21.5 Å². The Morgan fingerprint density at radius 1 is 1.32 bits per heavy atom. The van der Waals surface area contributed by atoms with E-state index in [9.17, 15) is 4.79 Å². The summed E-state index contributed by atoms with van der Waals surface area (Å²) in [5.41, 5.74) is 2.30. The van der Waals surface area contributed by atoms with Crippen LogP contribution in [0.3, 0.4) is 0 Å². The minimum absolute atomic E-state index is 0.0750. The molecule has 0 atom stereocenters. The second-order valence-electron chi connectivity index (χ2n) is 5.42. The number of thiophene rings is 1. The molecule has 4 rings (SSSR count). The molecule has 0 aliphatic heterocycles. The maximum absolute atomic E-state index is 12.9. The molecule has 122 valence electrons. The Labute approximate surface area is 146 Å². The van der Waals surface area contributed by atoms with Crippen molar-refractivity contribution in [2.45, 2.75) is 6.92 Å². The lowest BCUT2D eigenvalue weighted by Crippen LogP contribution is -2.17. The molecule has 6 nitrogen and oxygen atoms in total. The van der Waals surface area contributed by atoms with Gasteiger partial charge in [-0.25, -0.2) is 4.98 Å². The van der Waals surface area contributed by atoms with Crippen LogP contribution < -0.4 is 10.3 Å². The van der Waals surface area contributed by atoms with Gasteiger partial charge in [-0.3, -0.25) is 9.36 Å². The molecule has 0 saturated heterocycles. The van der Waals surface area contributed by atoms with Crippen molar-refractivity contribution in [3.8, 4) is 23.9 Å². The van der Waals surface area contributed by atoms with Crippen LogP contribution in [0.1, 0.15) is 5.56 Å². The zero-order chi connectivity index (χ0) is 17.4. The second-order valence-corrected chi connectivity index (χ2v) is 6.47. The summed E-state index contributed by atoms with van der Waals surface area (Å²) in [7, 11) is 0. The predicted molar refractivity (Wildman–Crippen MR) is 97.4 cm³/mol. The molecule has 4 aromatic rings. The minimum atomic E-state index is -0.141. The van der Waals surface area contributed by atoms with E-state index in [4.69, 9.17) is 11.2 Å². The summed E-state index contributed by atoms with van der Waals surface area (Å²) in [4.78, 5) is 17.4. The van der Waals surface area contributed by atoms with Crippen molar-refractivity contribution >= 4 is 31.6 Å². The van der Waals surface area contributed by atoms with Gasteiger partial charge in [-0.05, 0) is 19.1 Å². The monoisotopic (exact) mass is 348 g/mol. The van der Waals surface area contributed by atoms with Gasteiger partial charge < -0.3 is 4.74 Å². The molecule has 0 spiro atoms. The summed E-state index contributed by atoms with van der Waals surface area (Å²) in [5.74, 6) is 2.69. The number of rotatable bonds is 3. The van der Waals surface area contributed by atoms with Crippen LogP contribution in [-0.2, 0) is 0 Å². The Kier molecular flexibility index (Phi) is 3.67. The minimum Gasteiger partial charge on any atom is -0.463 e. The fourth-order valence-electron chi connectivity index (χ4n) is 2.57. The van der Waals surface area contributed by atoms with Crippen LogP contribution in [0.25, 0.3) is 26.0 Å². The maximum atomic E-state index is 12.9. The molecule has 0 aliphatic carbocycles. The molecule has 0 aliphatic rings. The summed E-state index contributed by atoms with van der Waals surface area (Å²) in [6.07, 6.45) is 8.36. The van der Waals surface area contributed by atoms with E-state index in [0.717, 1.165) is 16.0 Å². The van der Waals surface area contributed by atoms with Gasteiger partial charge in [0.2, 0.25) is 5.88 Å². The van der Waals surface area contributed by atoms with Crippen molar-refractivity contribution in [3.05, 3.63) is 52.7 Å². The second kappa shape index (κ2) is 6.00. The van der Waals surface area contributed by atoms with Gasteiger partial charge in [0.1, 0.15) is 16.5 Å². The van der Waals surface area contributed by atoms with Gasteiger partial charge >= 0.3 is 0 Å². The van der Waals surface area contributed by atoms with Crippen LogP contribution >= 0.6 is 11.3 Å². The summed E-state index contributed by atoms with van der Waals surface area (Å²) >= 11 is 1.32. The van der Waals surface area contributed by atoms with Crippen molar-refractivity contribution in [2.75, 3.05) is 6.61 Å². The Morgan fingerprint density at radius 3 is 2.88 bits per heavy atom. The standard InChI is InChI=1S/C18H12N4O2S/c1-3-8-24-17-14-13(9-20-21-17)25-16-15(14)19-10-22(18(16)23)12-6-4-11(2)5-7-12/h1,4-7,9-10H,8H2,2H3. The van der Waals surface area contributed by atoms with Gasteiger partial charge in [0.05, 0.1) is 22.0 Å². The number of ether oxygens (including phenoxy) is 1. The first-order valence-electron chi connectivity index (χ1n) is 7.48.